The van der Waals surface area contributed by atoms with Gasteiger partial charge in [0.05, 0.1) is 5.92 Å². The van der Waals surface area contributed by atoms with Crippen molar-refractivity contribution in [2.75, 3.05) is 0 Å². The number of carbonyl (C=O) groups is 1. The molecule has 2 nitrogen and oxygen atoms in total. The van der Waals surface area contributed by atoms with Gasteiger partial charge in [-0.15, -0.1) is 0 Å². The standard InChI is InChI=1S/C21H28O2/c1-15-3-7-17(8-4-15)18-9-11-19(12-10-18)21(22)23-20-13-5-16(2)6-14-20/h5-6,13-14,17,19H,3-4,7-12H2,1-2H3. The van der Waals surface area contributed by atoms with Crippen molar-refractivity contribution in [1.82, 2.24) is 0 Å². The molecule has 0 N–H and O–H groups in total. The van der Waals surface area contributed by atoms with Crippen LogP contribution in [-0.2, 0) is 4.79 Å². The van der Waals surface area contributed by atoms with E-state index in [-0.39, 0.29) is 11.9 Å². The average molecular weight is 312 g/mol. The lowest BCUT2D eigenvalue weighted by atomic mass is 9.69. The fourth-order valence-electron chi connectivity index (χ4n) is 3.96. The highest BCUT2D eigenvalue weighted by molar-refractivity contribution is 5.75. The first-order chi connectivity index (χ1) is 11.1. The monoisotopic (exact) mass is 312 g/mol. The molecule has 0 heterocycles. The minimum Gasteiger partial charge on any atom is -0.426 e. The van der Waals surface area contributed by atoms with E-state index >= 15 is 0 Å². The highest BCUT2D eigenvalue weighted by Gasteiger charge is 2.33. The van der Waals surface area contributed by atoms with Gasteiger partial charge in [-0.25, -0.2) is 0 Å². The maximum absolute atomic E-state index is 12.3. The molecule has 23 heavy (non-hydrogen) atoms. The van der Waals surface area contributed by atoms with Gasteiger partial charge in [-0.05, 0) is 88.2 Å². The summed E-state index contributed by atoms with van der Waals surface area (Å²) < 4.78 is 5.55. The Labute approximate surface area is 140 Å². The van der Waals surface area contributed by atoms with E-state index in [2.05, 4.69) is 6.92 Å². The van der Waals surface area contributed by atoms with Gasteiger partial charge in [0.2, 0.25) is 0 Å². The average Bonchev–Trinajstić information content (AvgIpc) is 2.58. The van der Waals surface area contributed by atoms with Crippen LogP contribution in [0, 0.1) is 30.6 Å². The molecule has 3 rings (SSSR count). The molecule has 0 atom stereocenters. The van der Waals surface area contributed by atoms with E-state index in [1.54, 1.807) is 11.8 Å². The molecule has 124 valence electrons. The summed E-state index contributed by atoms with van der Waals surface area (Å²) in [4.78, 5) is 12.3. The minimum absolute atomic E-state index is 0.0410. The second-order valence-corrected chi connectivity index (χ2v) is 7.40. The van der Waals surface area contributed by atoms with Gasteiger partial charge < -0.3 is 4.74 Å². The number of esters is 1. The van der Waals surface area contributed by atoms with E-state index in [9.17, 15) is 4.79 Å². The van der Waals surface area contributed by atoms with Crippen LogP contribution < -0.4 is 4.74 Å². The van der Waals surface area contributed by atoms with Crippen LogP contribution in [0.15, 0.2) is 24.3 Å². The molecule has 0 saturated heterocycles. The number of rotatable bonds is 3. The molecule has 2 aliphatic rings. The molecule has 0 bridgehead atoms. The lowest BCUT2D eigenvalue weighted by Gasteiger charge is -2.36. The summed E-state index contributed by atoms with van der Waals surface area (Å²) >= 11 is 0. The predicted octanol–water partition coefficient (Wildman–Crippen LogP) is 5.45. The fourth-order valence-corrected chi connectivity index (χ4v) is 3.96. The van der Waals surface area contributed by atoms with E-state index < -0.39 is 0 Å². The Hall–Kier alpha value is -1.31. The highest BCUT2D eigenvalue weighted by atomic mass is 16.5. The first-order valence-electron chi connectivity index (χ1n) is 9.06. The summed E-state index contributed by atoms with van der Waals surface area (Å²) in [5, 5.41) is 0. The largest absolute Gasteiger partial charge is 0.426 e. The fraction of sp³-hybridized carbons (Fsp3) is 0.571. The van der Waals surface area contributed by atoms with Crippen LogP contribution in [0.3, 0.4) is 0 Å². The van der Waals surface area contributed by atoms with Crippen molar-refractivity contribution in [3.63, 3.8) is 0 Å². The van der Waals surface area contributed by atoms with Gasteiger partial charge in [0.25, 0.3) is 0 Å². The topological polar surface area (TPSA) is 26.3 Å². The zero-order valence-electron chi connectivity index (χ0n) is 14.4. The Bertz CT molecular complexity index is 503. The van der Waals surface area contributed by atoms with Crippen molar-refractivity contribution in [1.29, 1.82) is 0 Å². The maximum Gasteiger partial charge on any atom is 0.314 e. The quantitative estimate of drug-likeness (QED) is 0.548. The number of hydrogen-bond acceptors (Lipinski definition) is 2. The van der Waals surface area contributed by atoms with Gasteiger partial charge in [-0.1, -0.05) is 24.6 Å². The van der Waals surface area contributed by atoms with Crippen LogP contribution in [0.5, 0.6) is 5.75 Å². The molecule has 2 saturated carbocycles. The van der Waals surface area contributed by atoms with Gasteiger partial charge in [-0.2, -0.15) is 0 Å². The van der Waals surface area contributed by atoms with Crippen LogP contribution in [0.2, 0.25) is 0 Å². The molecule has 2 heteroatoms. The van der Waals surface area contributed by atoms with E-state index in [4.69, 9.17) is 4.74 Å². The number of ether oxygens (including phenoxy) is 1. The molecule has 1 aromatic carbocycles. The smallest absolute Gasteiger partial charge is 0.314 e. The van der Waals surface area contributed by atoms with E-state index in [0.29, 0.717) is 5.75 Å². The van der Waals surface area contributed by atoms with Gasteiger partial charge in [0.1, 0.15) is 5.75 Å². The van der Waals surface area contributed by atoms with Crippen molar-refractivity contribution in [2.24, 2.45) is 11.8 Å². The number of benzene rings is 1. The van der Waals surface area contributed by atoms with E-state index in [1.807, 2.05) is 31.2 Å². The second-order valence-electron chi connectivity index (χ2n) is 7.40. The SMILES string of the molecule is C[C]1CCC([C]2CCC(C(=O)Oc3ccc(C)cc3)CC2)CC1. The van der Waals surface area contributed by atoms with Gasteiger partial charge >= 0.3 is 5.97 Å². The molecule has 1 aromatic rings. The number of hydrogen-bond donors (Lipinski definition) is 0. The third kappa shape index (κ3) is 4.37. The molecule has 2 radical (unpaired) electrons. The lowest BCUT2D eigenvalue weighted by Crippen LogP contribution is -2.28. The summed E-state index contributed by atoms with van der Waals surface area (Å²) in [5.41, 5.74) is 1.18. The lowest BCUT2D eigenvalue weighted by molar-refractivity contribution is -0.139. The van der Waals surface area contributed by atoms with E-state index in [0.717, 1.165) is 31.6 Å². The molecule has 2 fully saturated rings. The third-order valence-electron chi connectivity index (χ3n) is 5.62. The number of carbonyl (C=O) groups excluding carboxylic acids is 1. The van der Waals surface area contributed by atoms with Gasteiger partial charge in [0.15, 0.2) is 0 Å². The molecule has 0 amide bonds. The Morgan fingerprint density at radius 3 is 2.13 bits per heavy atom. The van der Waals surface area contributed by atoms with Crippen LogP contribution in [0.1, 0.15) is 63.9 Å². The normalized spacial score (nSPS) is 22.2. The second kappa shape index (κ2) is 7.51. The summed E-state index contributed by atoms with van der Waals surface area (Å²) in [6.07, 6.45) is 9.45. The zero-order chi connectivity index (χ0) is 16.2. The molecule has 0 aliphatic heterocycles. The van der Waals surface area contributed by atoms with Crippen molar-refractivity contribution >= 4 is 5.97 Å². The third-order valence-corrected chi connectivity index (χ3v) is 5.62. The van der Waals surface area contributed by atoms with Crippen molar-refractivity contribution in [3.05, 3.63) is 41.7 Å². The Morgan fingerprint density at radius 2 is 1.52 bits per heavy atom. The Kier molecular flexibility index (Phi) is 5.40. The summed E-state index contributed by atoms with van der Waals surface area (Å²) in [7, 11) is 0. The number of aryl methyl sites for hydroxylation is 1. The van der Waals surface area contributed by atoms with Crippen molar-refractivity contribution in [3.8, 4) is 5.75 Å². The Balaban J connectivity index is 1.46. The molecular formula is C21H28O2. The van der Waals surface area contributed by atoms with Gasteiger partial charge in [0, 0.05) is 0 Å². The van der Waals surface area contributed by atoms with Crippen molar-refractivity contribution in [2.45, 2.75) is 65.2 Å². The summed E-state index contributed by atoms with van der Waals surface area (Å²) in [5.74, 6) is 4.91. The highest BCUT2D eigenvalue weighted by Crippen LogP contribution is 2.43. The molecule has 0 spiro atoms. The van der Waals surface area contributed by atoms with Crippen molar-refractivity contribution < 1.29 is 9.53 Å². The minimum atomic E-state index is -0.0410. The summed E-state index contributed by atoms with van der Waals surface area (Å²) in [6.45, 7) is 4.33. The predicted molar refractivity (Wildman–Crippen MR) is 92.9 cm³/mol. The molecule has 2 aliphatic carbocycles. The molecular weight excluding hydrogens is 284 g/mol. The molecule has 0 aromatic heterocycles. The molecule has 0 unspecified atom stereocenters. The van der Waals surface area contributed by atoms with Crippen LogP contribution in [0.25, 0.3) is 0 Å². The van der Waals surface area contributed by atoms with Crippen LogP contribution in [0.4, 0.5) is 0 Å². The maximum atomic E-state index is 12.3. The van der Waals surface area contributed by atoms with Crippen LogP contribution >= 0.6 is 0 Å². The van der Waals surface area contributed by atoms with Gasteiger partial charge in [-0.3, -0.25) is 4.79 Å². The Morgan fingerprint density at radius 1 is 0.913 bits per heavy atom. The first kappa shape index (κ1) is 16.5. The van der Waals surface area contributed by atoms with E-state index in [1.165, 1.54) is 31.2 Å². The zero-order valence-corrected chi connectivity index (χ0v) is 14.4. The first-order valence-corrected chi connectivity index (χ1v) is 9.06. The van der Waals surface area contributed by atoms with Crippen LogP contribution in [-0.4, -0.2) is 5.97 Å². The summed E-state index contributed by atoms with van der Waals surface area (Å²) in [6, 6.07) is 7.73.